The molecule has 1 aliphatic rings. The third-order valence-corrected chi connectivity index (χ3v) is 4.64. The number of imidazole rings is 1. The van der Waals surface area contributed by atoms with Gasteiger partial charge in [-0.25, -0.2) is 4.98 Å². The molecule has 0 atom stereocenters. The van der Waals surface area contributed by atoms with Crippen LogP contribution in [0.4, 0.5) is 5.69 Å². The first-order chi connectivity index (χ1) is 12.6. The Bertz CT molecular complexity index is 975. The SMILES string of the molecule is Cc1nc2ccc(C(=O)NCc3ccc(N4CCCC4=O)cc3)cc2[nH]1. The van der Waals surface area contributed by atoms with E-state index in [1.54, 1.807) is 6.07 Å². The summed E-state index contributed by atoms with van der Waals surface area (Å²) in [7, 11) is 0. The Labute approximate surface area is 151 Å². The zero-order valence-corrected chi connectivity index (χ0v) is 14.6. The number of aromatic nitrogens is 2. The number of benzene rings is 2. The third kappa shape index (κ3) is 3.18. The van der Waals surface area contributed by atoms with E-state index in [4.69, 9.17) is 0 Å². The zero-order chi connectivity index (χ0) is 18.1. The summed E-state index contributed by atoms with van der Waals surface area (Å²) >= 11 is 0. The molecule has 3 aromatic rings. The van der Waals surface area contributed by atoms with E-state index in [-0.39, 0.29) is 11.8 Å². The molecule has 2 amide bonds. The Kier molecular flexibility index (Phi) is 4.16. The lowest BCUT2D eigenvalue weighted by atomic mass is 10.1. The van der Waals surface area contributed by atoms with Gasteiger partial charge in [0.05, 0.1) is 11.0 Å². The van der Waals surface area contributed by atoms with Gasteiger partial charge in [-0.1, -0.05) is 12.1 Å². The van der Waals surface area contributed by atoms with Crippen molar-refractivity contribution in [1.29, 1.82) is 0 Å². The average Bonchev–Trinajstić information content (AvgIpc) is 3.23. The molecule has 0 aliphatic carbocycles. The van der Waals surface area contributed by atoms with E-state index in [1.807, 2.05) is 48.2 Å². The molecule has 1 aromatic heterocycles. The van der Waals surface area contributed by atoms with Crippen molar-refractivity contribution in [1.82, 2.24) is 15.3 Å². The number of rotatable bonds is 4. The van der Waals surface area contributed by atoms with Crippen LogP contribution < -0.4 is 10.2 Å². The number of H-pyrrole nitrogens is 1. The quantitative estimate of drug-likeness (QED) is 0.761. The molecule has 0 radical (unpaired) electrons. The van der Waals surface area contributed by atoms with Gasteiger partial charge in [-0.2, -0.15) is 0 Å². The standard InChI is InChI=1S/C20H20N4O2/c1-13-22-17-9-6-15(11-18(17)23-13)20(26)21-12-14-4-7-16(8-5-14)24-10-2-3-19(24)25/h4-9,11H,2-3,10,12H2,1H3,(H,21,26)(H,22,23). The van der Waals surface area contributed by atoms with Crippen molar-refractivity contribution in [2.75, 3.05) is 11.4 Å². The van der Waals surface area contributed by atoms with Gasteiger partial charge < -0.3 is 15.2 Å². The Morgan fingerprint density at radius 2 is 2.04 bits per heavy atom. The van der Waals surface area contributed by atoms with Crippen molar-refractivity contribution < 1.29 is 9.59 Å². The molecule has 1 saturated heterocycles. The van der Waals surface area contributed by atoms with Crippen LogP contribution >= 0.6 is 0 Å². The number of hydrogen-bond acceptors (Lipinski definition) is 3. The van der Waals surface area contributed by atoms with E-state index in [0.29, 0.717) is 18.5 Å². The lowest BCUT2D eigenvalue weighted by molar-refractivity contribution is -0.117. The van der Waals surface area contributed by atoms with Crippen LogP contribution in [0.5, 0.6) is 0 Å². The van der Waals surface area contributed by atoms with E-state index in [1.165, 1.54) is 0 Å². The van der Waals surface area contributed by atoms with E-state index in [2.05, 4.69) is 15.3 Å². The van der Waals surface area contributed by atoms with Crippen LogP contribution in [0.15, 0.2) is 42.5 Å². The van der Waals surface area contributed by atoms with E-state index in [0.717, 1.165) is 41.1 Å². The van der Waals surface area contributed by atoms with Gasteiger partial charge in [0.25, 0.3) is 5.91 Å². The number of carbonyl (C=O) groups excluding carboxylic acids is 2. The average molecular weight is 348 g/mol. The number of aryl methyl sites for hydroxylation is 1. The Balaban J connectivity index is 1.41. The molecule has 0 bridgehead atoms. The minimum absolute atomic E-state index is 0.127. The third-order valence-electron chi connectivity index (χ3n) is 4.64. The lowest BCUT2D eigenvalue weighted by Gasteiger charge is -2.16. The predicted octanol–water partition coefficient (Wildman–Crippen LogP) is 2.93. The highest BCUT2D eigenvalue weighted by Gasteiger charge is 2.21. The fourth-order valence-electron chi connectivity index (χ4n) is 3.28. The summed E-state index contributed by atoms with van der Waals surface area (Å²) < 4.78 is 0. The molecule has 2 heterocycles. The van der Waals surface area contributed by atoms with Crippen LogP contribution in [0.25, 0.3) is 11.0 Å². The maximum Gasteiger partial charge on any atom is 0.251 e. The second-order valence-corrected chi connectivity index (χ2v) is 6.55. The van der Waals surface area contributed by atoms with E-state index in [9.17, 15) is 9.59 Å². The van der Waals surface area contributed by atoms with Crippen molar-refractivity contribution in [3.8, 4) is 0 Å². The van der Waals surface area contributed by atoms with Gasteiger partial charge in [-0.3, -0.25) is 9.59 Å². The second kappa shape index (κ2) is 6.63. The maximum atomic E-state index is 12.4. The topological polar surface area (TPSA) is 78.1 Å². The molecular formula is C20H20N4O2. The number of hydrogen-bond donors (Lipinski definition) is 2. The highest BCUT2D eigenvalue weighted by atomic mass is 16.2. The molecule has 0 spiro atoms. The Morgan fingerprint density at radius 3 is 2.77 bits per heavy atom. The zero-order valence-electron chi connectivity index (χ0n) is 14.6. The number of fused-ring (bicyclic) bond motifs is 1. The molecule has 6 nitrogen and oxygen atoms in total. The number of amides is 2. The summed E-state index contributed by atoms with van der Waals surface area (Å²) in [5, 5.41) is 2.93. The molecule has 2 aromatic carbocycles. The van der Waals surface area contributed by atoms with Crippen LogP contribution in [0.2, 0.25) is 0 Å². The van der Waals surface area contributed by atoms with Gasteiger partial charge >= 0.3 is 0 Å². The highest BCUT2D eigenvalue weighted by molar-refractivity contribution is 5.97. The summed E-state index contributed by atoms with van der Waals surface area (Å²) in [5.41, 5.74) is 4.22. The number of carbonyl (C=O) groups is 2. The van der Waals surface area contributed by atoms with E-state index >= 15 is 0 Å². The van der Waals surface area contributed by atoms with Crippen molar-refractivity contribution in [3.05, 3.63) is 59.4 Å². The summed E-state index contributed by atoms with van der Waals surface area (Å²) in [6.07, 6.45) is 1.54. The minimum atomic E-state index is -0.127. The van der Waals surface area contributed by atoms with Gasteiger partial charge in [0.1, 0.15) is 5.82 Å². The molecule has 6 heteroatoms. The highest BCUT2D eigenvalue weighted by Crippen LogP contribution is 2.21. The maximum absolute atomic E-state index is 12.4. The summed E-state index contributed by atoms with van der Waals surface area (Å²) in [6.45, 7) is 3.11. The van der Waals surface area contributed by atoms with Crippen molar-refractivity contribution in [2.24, 2.45) is 0 Å². The summed E-state index contributed by atoms with van der Waals surface area (Å²) in [5.74, 6) is 0.877. The Morgan fingerprint density at radius 1 is 1.23 bits per heavy atom. The first-order valence-corrected chi connectivity index (χ1v) is 8.74. The largest absolute Gasteiger partial charge is 0.348 e. The predicted molar refractivity (Wildman–Crippen MR) is 100 cm³/mol. The molecule has 4 rings (SSSR count). The number of aromatic amines is 1. The van der Waals surface area contributed by atoms with Crippen LogP contribution in [0, 0.1) is 6.92 Å². The lowest BCUT2D eigenvalue weighted by Crippen LogP contribution is -2.24. The van der Waals surface area contributed by atoms with Crippen LogP contribution in [0.3, 0.4) is 0 Å². The van der Waals surface area contributed by atoms with E-state index < -0.39 is 0 Å². The fourth-order valence-corrected chi connectivity index (χ4v) is 3.28. The normalized spacial score (nSPS) is 14.2. The number of anilines is 1. The van der Waals surface area contributed by atoms with Gasteiger partial charge in [-0.05, 0) is 49.2 Å². The first kappa shape index (κ1) is 16.3. The van der Waals surface area contributed by atoms with Gasteiger partial charge in [-0.15, -0.1) is 0 Å². The van der Waals surface area contributed by atoms with Gasteiger partial charge in [0.15, 0.2) is 0 Å². The van der Waals surface area contributed by atoms with Crippen LogP contribution in [-0.4, -0.2) is 28.3 Å². The van der Waals surface area contributed by atoms with Crippen LogP contribution in [-0.2, 0) is 11.3 Å². The van der Waals surface area contributed by atoms with Gasteiger partial charge in [0.2, 0.25) is 5.91 Å². The van der Waals surface area contributed by atoms with Crippen molar-refractivity contribution in [2.45, 2.75) is 26.3 Å². The molecule has 1 aliphatic heterocycles. The van der Waals surface area contributed by atoms with Gasteiger partial charge in [0, 0.05) is 30.8 Å². The molecule has 26 heavy (non-hydrogen) atoms. The number of nitrogens with zero attached hydrogens (tertiary/aromatic N) is 2. The number of nitrogens with one attached hydrogen (secondary N) is 2. The van der Waals surface area contributed by atoms with Crippen molar-refractivity contribution in [3.63, 3.8) is 0 Å². The van der Waals surface area contributed by atoms with Crippen LogP contribution in [0.1, 0.15) is 34.6 Å². The monoisotopic (exact) mass is 348 g/mol. The minimum Gasteiger partial charge on any atom is -0.348 e. The first-order valence-electron chi connectivity index (χ1n) is 8.74. The smallest absolute Gasteiger partial charge is 0.251 e. The molecule has 2 N–H and O–H groups in total. The molecule has 1 fully saturated rings. The molecule has 0 saturated carbocycles. The second-order valence-electron chi connectivity index (χ2n) is 6.55. The Hall–Kier alpha value is -3.15. The molecule has 0 unspecified atom stereocenters. The molecule has 132 valence electrons. The molecular weight excluding hydrogens is 328 g/mol. The summed E-state index contributed by atoms with van der Waals surface area (Å²) in [6, 6.07) is 13.2. The fraction of sp³-hybridized carbons (Fsp3) is 0.250. The summed E-state index contributed by atoms with van der Waals surface area (Å²) in [4.78, 5) is 33.5. The van der Waals surface area contributed by atoms with Crippen molar-refractivity contribution >= 4 is 28.5 Å².